The number of likely N-dealkylation sites (tertiary alicyclic amines) is 1. The van der Waals surface area contributed by atoms with Gasteiger partial charge >= 0.3 is 0 Å². The van der Waals surface area contributed by atoms with Gasteiger partial charge in [-0.25, -0.2) is 4.39 Å². The molecule has 2 aliphatic rings. The number of H-pyrrole nitrogens is 1. The van der Waals surface area contributed by atoms with Gasteiger partial charge in [0.2, 0.25) is 0 Å². The normalized spacial score (nSPS) is 20.9. The molecule has 5 rings (SSSR count). The Labute approximate surface area is 222 Å². The van der Waals surface area contributed by atoms with Crippen molar-refractivity contribution in [3.8, 4) is 0 Å². The van der Waals surface area contributed by atoms with Crippen molar-refractivity contribution in [1.29, 1.82) is 0 Å². The first-order valence-electron chi connectivity index (χ1n) is 13.4. The number of benzene rings is 2. The molecular weight excluding hydrogens is 483 g/mol. The van der Waals surface area contributed by atoms with E-state index in [9.17, 15) is 19.1 Å². The van der Waals surface area contributed by atoms with Crippen LogP contribution in [0.3, 0.4) is 0 Å². The van der Waals surface area contributed by atoms with E-state index in [0.29, 0.717) is 13.0 Å². The summed E-state index contributed by atoms with van der Waals surface area (Å²) < 4.78 is 14.7. The zero-order valence-corrected chi connectivity index (χ0v) is 21.6. The van der Waals surface area contributed by atoms with Gasteiger partial charge in [0, 0.05) is 35.1 Å². The maximum absolute atomic E-state index is 14.7. The highest BCUT2D eigenvalue weighted by Crippen LogP contribution is 2.33. The number of aliphatic hydroxyl groups is 1. The molecular formula is C30H35FN4O3. The van der Waals surface area contributed by atoms with E-state index < -0.39 is 23.9 Å². The molecule has 2 amide bonds. The molecule has 1 aromatic heterocycles. The highest BCUT2D eigenvalue weighted by atomic mass is 19.1. The molecule has 3 aromatic rings. The number of aromatic amines is 1. The molecule has 0 aliphatic carbocycles. The highest BCUT2D eigenvalue weighted by molar-refractivity contribution is 6.00. The Balaban J connectivity index is 1.36. The Kier molecular flexibility index (Phi) is 7.90. The number of aryl methyl sites for hydroxylation is 1. The van der Waals surface area contributed by atoms with Crippen molar-refractivity contribution in [2.45, 2.75) is 63.3 Å². The van der Waals surface area contributed by atoms with Crippen molar-refractivity contribution in [2.75, 3.05) is 13.1 Å². The quantitative estimate of drug-likeness (QED) is 0.364. The molecule has 3 heterocycles. The Bertz CT molecular complexity index is 1270. The first-order chi connectivity index (χ1) is 18.4. The molecule has 200 valence electrons. The summed E-state index contributed by atoms with van der Waals surface area (Å²) >= 11 is 0. The van der Waals surface area contributed by atoms with E-state index in [1.54, 1.807) is 4.90 Å². The average molecular weight is 519 g/mol. The number of rotatable bonds is 8. The first-order valence-corrected chi connectivity index (χ1v) is 13.4. The van der Waals surface area contributed by atoms with E-state index >= 15 is 0 Å². The fourth-order valence-corrected chi connectivity index (χ4v) is 5.72. The summed E-state index contributed by atoms with van der Waals surface area (Å²) in [5.74, 6) is -1.47. The van der Waals surface area contributed by atoms with E-state index in [1.807, 2.05) is 49.4 Å². The number of halogens is 1. The monoisotopic (exact) mass is 518 g/mol. The molecule has 4 atom stereocenters. The number of hydrogen-bond acceptors (Lipinski definition) is 4. The smallest absolute Gasteiger partial charge is 0.254 e. The van der Waals surface area contributed by atoms with Gasteiger partial charge in [0.1, 0.15) is 5.82 Å². The third-order valence-corrected chi connectivity index (χ3v) is 7.67. The predicted molar refractivity (Wildman–Crippen MR) is 143 cm³/mol. The molecule has 7 nitrogen and oxygen atoms in total. The van der Waals surface area contributed by atoms with Crippen LogP contribution in [0.2, 0.25) is 0 Å². The van der Waals surface area contributed by atoms with E-state index in [1.165, 1.54) is 12.1 Å². The second-order valence-electron chi connectivity index (χ2n) is 10.4. The lowest BCUT2D eigenvalue weighted by atomic mass is 9.95. The lowest BCUT2D eigenvalue weighted by molar-refractivity contribution is 0.0731. The van der Waals surface area contributed by atoms with Crippen LogP contribution in [0.25, 0.3) is 0 Å². The minimum absolute atomic E-state index is 0.0597. The number of carbonyl (C=O) groups is 2. The number of aromatic nitrogens is 1. The molecule has 4 N–H and O–H groups in total. The summed E-state index contributed by atoms with van der Waals surface area (Å²) in [7, 11) is 0. The van der Waals surface area contributed by atoms with Gasteiger partial charge < -0.3 is 25.6 Å². The molecule has 0 spiro atoms. The van der Waals surface area contributed by atoms with E-state index in [2.05, 4.69) is 15.6 Å². The van der Waals surface area contributed by atoms with E-state index in [0.717, 1.165) is 55.2 Å². The minimum atomic E-state index is -0.814. The van der Waals surface area contributed by atoms with Gasteiger partial charge in [0.05, 0.1) is 18.2 Å². The van der Waals surface area contributed by atoms with Crippen LogP contribution < -0.4 is 10.6 Å². The van der Waals surface area contributed by atoms with Gasteiger partial charge in [-0.2, -0.15) is 0 Å². The van der Waals surface area contributed by atoms with Gasteiger partial charge in [-0.05, 0) is 81.5 Å². The van der Waals surface area contributed by atoms with Crippen molar-refractivity contribution in [3.63, 3.8) is 0 Å². The molecule has 4 unspecified atom stereocenters. The number of amides is 2. The lowest BCUT2D eigenvalue weighted by Gasteiger charge is -2.29. The summed E-state index contributed by atoms with van der Waals surface area (Å²) in [6, 6.07) is 16.6. The molecule has 8 heteroatoms. The van der Waals surface area contributed by atoms with Crippen molar-refractivity contribution in [2.24, 2.45) is 0 Å². The zero-order chi connectivity index (χ0) is 26.6. The molecule has 0 saturated carbocycles. The Morgan fingerprint density at radius 3 is 2.58 bits per heavy atom. The van der Waals surface area contributed by atoms with Crippen LogP contribution in [0.5, 0.6) is 0 Å². The molecule has 38 heavy (non-hydrogen) atoms. The first kappa shape index (κ1) is 26.1. The summed E-state index contributed by atoms with van der Waals surface area (Å²) in [5, 5.41) is 17.4. The molecule has 2 fully saturated rings. The van der Waals surface area contributed by atoms with Crippen molar-refractivity contribution in [1.82, 2.24) is 20.5 Å². The maximum Gasteiger partial charge on any atom is 0.254 e. The number of carbonyl (C=O) groups excluding carboxylic acids is 2. The van der Waals surface area contributed by atoms with Crippen LogP contribution in [-0.4, -0.2) is 58.1 Å². The van der Waals surface area contributed by atoms with Crippen LogP contribution >= 0.6 is 0 Å². The minimum Gasteiger partial charge on any atom is -0.389 e. The van der Waals surface area contributed by atoms with Gasteiger partial charge in [0.15, 0.2) is 0 Å². The van der Waals surface area contributed by atoms with Crippen molar-refractivity contribution < 1.29 is 19.1 Å². The largest absolute Gasteiger partial charge is 0.389 e. The van der Waals surface area contributed by atoms with Gasteiger partial charge in [0.25, 0.3) is 11.8 Å². The van der Waals surface area contributed by atoms with Gasteiger partial charge in [-0.1, -0.05) is 30.3 Å². The van der Waals surface area contributed by atoms with Crippen LogP contribution in [-0.2, 0) is 6.42 Å². The van der Waals surface area contributed by atoms with Gasteiger partial charge in [-0.15, -0.1) is 0 Å². The fraction of sp³-hybridized carbons (Fsp3) is 0.400. The van der Waals surface area contributed by atoms with Crippen molar-refractivity contribution >= 4 is 11.8 Å². The topological polar surface area (TPSA) is 97.5 Å². The molecule has 0 bridgehead atoms. The lowest BCUT2D eigenvalue weighted by Crippen LogP contribution is -2.52. The summed E-state index contributed by atoms with van der Waals surface area (Å²) in [5.41, 5.74) is 3.15. The van der Waals surface area contributed by atoms with E-state index in [-0.39, 0.29) is 29.1 Å². The Morgan fingerprint density at radius 2 is 1.87 bits per heavy atom. The van der Waals surface area contributed by atoms with Crippen LogP contribution in [0.4, 0.5) is 4.39 Å². The summed E-state index contributed by atoms with van der Waals surface area (Å²) in [6.07, 6.45) is 3.07. The second-order valence-corrected chi connectivity index (χ2v) is 10.4. The molecule has 0 radical (unpaired) electrons. The van der Waals surface area contributed by atoms with Crippen LogP contribution in [0.15, 0.2) is 60.7 Å². The molecule has 2 aliphatic heterocycles. The van der Waals surface area contributed by atoms with Crippen molar-refractivity contribution in [3.05, 3.63) is 94.6 Å². The number of nitrogens with one attached hydrogen (secondary N) is 3. The van der Waals surface area contributed by atoms with E-state index in [4.69, 9.17) is 0 Å². The third-order valence-electron chi connectivity index (χ3n) is 7.67. The Hall–Kier alpha value is -3.49. The van der Waals surface area contributed by atoms with Crippen LogP contribution in [0, 0.1) is 12.7 Å². The standard InChI is InChI=1S/C30H35FN4O3/c1-19-11-12-24(33-19)27-10-6-14-35(27)30(38)22-16-21(17-23(31)18-22)29(37)34-26(15-20-7-3-2-4-8-20)28(36)25-9-5-13-32-25/h2-4,7-8,11-12,16-18,25-28,32-33,36H,5-6,9-10,13-15H2,1H3,(H,34,37). The Morgan fingerprint density at radius 1 is 1.08 bits per heavy atom. The van der Waals surface area contributed by atoms with Crippen LogP contribution in [0.1, 0.15) is 69.4 Å². The summed E-state index contributed by atoms with van der Waals surface area (Å²) in [4.78, 5) is 31.9. The summed E-state index contributed by atoms with van der Waals surface area (Å²) in [6.45, 7) is 3.36. The fourth-order valence-electron chi connectivity index (χ4n) is 5.72. The molecule has 2 saturated heterocycles. The number of hydrogen-bond donors (Lipinski definition) is 4. The number of aliphatic hydroxyl groups excluding tert-OH is 1. The third kappa shape index (κ3) is 5.81. The SMILES string of the molecule is Cc1ccc(C2CCCN2C(=O)c2cc(F)cc(C(=O)NC(Cc3ccccc3)C(O)C3CCCN3)c2)[nH]1. The predicted octanol–water partition coefficient (Wildman–Crippen LogP) is 3.89. The van der Waals surface area contributed by atoms with Gasteiger partial charge in [-0.3, -0.25) is 9.59 Å². The zero-order valence-electron chi connectivity index (χ0n) is 21.6. The second kappa shape index (κ2) is 11.5. The average Bonchev–Trinajstić information content (AvgIpc) is 3.69. The number of nitrogens with zero attached hydrogens (tertiary/aromatic N) is 1. The maximum atomic E-state index is 14.7. The highest BCUT2D eigenvalue weighted by Gasteiger charge is 2.33. The molecule has 2 aromatic carbocycles.